The Labute approximate surface area is 156 Å². The number of benzene rings is 1. The molecule has 0 radical (unpaired) electrons. The van der Waals surface area contributed by atoms with E-state index in [1.807, 2.05) is 12.1 Å². The van der Waals surface area contributed by atoms with Crippen molar-refractivity contribution in [2.75, 3.05) is 13.2 Å². The number of carbonyl (C=O) groups is 1. The minimum Gasteiger partial charge on any atom is -0.344 e. The Bertz CT molecular complexity index is 767. The average Bonchev–Trinajstić information content (AvgIpc) is 2.52. The fourth-order valence-corrected chi connectivity index (χ4v) is 5.99. The average molecular weight is 403 g/mol. The summed E-state index contributed by atoms with van der Waals surface area (Å²) in [5.74, 6) is -0.475. The van der Waals surface area contributed by atoms with Gasteiger partial charge in [0.2, 0.25) is 0 Å². The molecule has 0 aliphatic rings. The summed E-state index contributed by atoms with van der Waals surface area (Å²) in [5, 5.41) is 2.05. The fraction of sp³-hybridized carbons (Fsp3) is 0.294. The molecule has 134 valence electrons. The highest BCUT2D eigenvalue weighted by molar-refractivity contribution is 6.90. The lowest BCUT2D eigenvalue weighted by Gasteiger charge is -2.29. The lowest BCUT2D eigenvalue weighted by Crippen LogP contribution is -2.52. The van der Waals surface area contributed by atoms with Crippen LogP contribution in [0.2, 0.25) is 23.1 Å². The third-order valence-corrected chi connectivity index (χ3v) is 7.45. The summed E-state index contributed by atoms with van der Waals surface area (Å²) < 4.78 is 26.2. The van der Waals surface area contributed by atoms with Crippen LogP contribution in [0.15, 0.2) is 36.5 Å². The second kappa shape index (κ2) is 7.80. The maximum atomic E-state index is 13.1. The predicted molar refractivity (Wildman–Crippen MR) is 99.7 cm³/mol. The molecular formula is C17H18Cl2F2N2OSi. The summed E-state index contributed by atoms with van der Waals surface area (Å²) in [4.78, 5) is 17.7. The zero-order valence-corrected chi connectivity index (χ0v) is 16.6. The van der Waals surface area contributed by atoms with Crippen LogP contribution in [0.5, 0.6) is 0 Å². The summed E-state index contributed by atoms with van der Waals surface area (Å²) in [6.45, 7) is 4.13. The van der Waals surface area contributed by atoms with E-state index < -0.39 is 26.1 Å². The lowest BCUT2D eigenvalue weighted by atomic mass is 10.2. The van der Waals surface area contributed by atoms with E-state index in [0.29, 0.717) is 16.2 Å². The molecule has 1 aromatic heterocycles. The van der Waals surface area contributed by atoms with Crippen LogP contribution in [0.1, 0.15) is 22.5 Å². The Kier molecular flexibility index (Phi) is 6.19. The number of hydrogen-bond acceptors (Lipinski definition) is 2. The van der Waals surface area contributed by atoms with Crippen molar-refractivity contribution < 1.29 is 13.6 Å². The molecular weight excluding hydrogens is 385 g/mol. The molecule has 1 amide bonds. The first-order valence-corrected chi connectivity index (χ1v) is 11.5. The number of nitrogens with zero attached hydrogens (tertiary/aromatic N) is 2. The number of rotatable bonds is 5. The predicted octanol–water partition coefficient (Wildman–Crippen LogP) is 4.55. The normalized spacial score (nSPS) is 11.7. The second-order valence-corrected chi connectivity index (χ2v) is 12.0. The monoisotopic (exact) mass is 402 g/mol. The number of alkyl halides is 2. The highest BCUT2D eigenvalue weighted by Crippen LogP contribution is 2.22. The van der Waals surface area contributed by atoms with Crippen LogP contribution in [0, 0.1) is 0 Å². The molecule has 2 rings (SSSR count). The Balaban J connectivity index is 2.26. The lowest BCUT2D eigenvalue weighted by molar-refractivity contribution is 0.0800. The third-order valence-electron chi connectivity index (χ3n) is 3.90. The maximum absolute atomic E-state index is 13.1. The van der Waals surface area contributed by atoms with Crippen LogP contribution in [-0.4, -0.2) is 37.1 Å². The molecule has 0 N–H and O–H groups in total. The van der Waals surface area contributed by atoms with Gasteiger partial charge in [0.05, 0.1) is 5.56 Å². The minimum atomic E-state index is -2.80. The molecule has 0 saturated heterocycles. The van der Waals surface area contributed by atoms with Crippen molar-refractivity contribution >= 4 is 42.4 Å². The van der Waals surface area contributed by atoms with Crippen LogP contribution >= 0.6 is 23.2 Å². The highest BCUT2D eigenvalue weighted by atomic mass is 35.5. The number of aromatic nitrogens is 1. The zero-order chi connectivity index (χ0) is 18.8. The van der Waals surface area contributed by atoms with E-state index in [-0.39, 0.29) is 5.56 Å². The summed E-state index contributed by atoms with van der Waals surface area (Å²) in [7, 11) is -0.515. The van der Waals surface area contributed by atoms with E-state index in [1.165, 1.54) is 23.2 Å². The van der Waals surface area contributed by atoms with Gasteiger partial charge in [0, 0.05) is 29.5 Å². The molecule has 0 bridgehead atoms. The molecule has 0 atom stereocenters. The molecule has 0 unspecified atom stereocenters. The highest BCUT2D eigenvalue weighted by Gasteiger charge is 2.30. The van der Waals surface area contributed by atoms with Crippen molar-refractivity contribution in [3.05, 3.63) is 57.8 Å². The van der Waals surface area contributed by atoms with Crippen LogP contribution in [0.4, 0.5) is 8.78 Å². The van der Waals surface area contributed by atoms with Gasteiger partial charge in [-0.3, -0.25) is 9.78 Å². The van der Waals surface area contributed by atoms with Crippen molar-refractivity contribution in [1.82, 2.24) is 9.88 Å². The summed E-state index contributed by atoms with van der Waals surface area (Å²) in [5.41, 5.74) is -0.571. The van der Waals surface area contributed by atoms with Gasteiger partial charge in [0.1, 0.15) is 13.8 Å². The van der Waals surface area contributed by atoms with E-state index in [0.717, 1.165) is 5.19 Å². The molecule has 1 aromatic carbocycles. The summed E-state index contributed by atoms with van der Waals surface area (Å²) >= 11 is 12.1. The van der Waals surface area contributed by atoms with Crippen LogP contribution in [-0.2, 0) is 0 Å². The van der Waals surface area contributed by atoms with Crippen LogP contribution < -0.4 is 5.19 Å². The maximum Gasteiger partial charge on any atom is 0.281 e. The van der Waals surface area contributed by atoms with E-state index in [2.05, 4.69) is 18.1 Å². The molecule has 3 nitrogen and oxygen atoms in total. The molecule has 2 aromatic rings. The Morgan fingerprint density at radius 1 is 1.24 bits per heavy atom. The number of hydrogen-bond donors (Lipinski definition) is 0. The minimum absolute atomic E-state index is 0.0751. The Morgan fingerprint density at radius 3 is 2.40 bits per heavy atom. The molecule has 0 aliphatic heterocycles. The summed E-state index contributed by atoms with van der Waals surface area (Å²) in [6.07, 6.45) is -1.11. The van der Waals surface area contributed by atoms with Crippen molar-refractivity contribution in [2.45, 2.75) is 19.5 Å². The van der Waals surface area contributed by atoms with Crippen LogP contribution in [0.25, 0.3) is 0 Å². The Morgan fingerprint density at radius 2 is 1.84 bits per heavy atom. The molecule has 0 spiro atoms. The van der Waals surface area contributed by atoms with Gasteiger partial charge in [0.25, 0.3) is 12.3 Å². The first-order chi connectivity index (χ1) is 11.6. The Hall–Kier alpha value is -1.50. The van der Waals surface area contributed by atoms with Crippen molar-refractivity contribution in [1.29, 1.82) is 0 Å². The van der Waals surface area contributed by atoms with Crippen molar-refractivity contribution in [3.63, 3.8) is 0 Å². The van der Waals surface area contributed by atoms with Crippen molar-refractivity contribution in [2.24, 2.45) is 0 Å². The largest absolute Gasteiger partial charge is 0.344 e. The molecule has 25 heavy (non-hydrogen) atoms. The van der Waals surface area contributed by atoms with Gasteiger partial charge in [-0.15, -0.1) is 0 Å². The molecule has 0 saturated carbocycles. The van der Waals surface area contributed by atoms with E-state index in [1.54, 1.807) is 13.1 Å². The summed E-state index contributed by atoms with van der Waals surface area (Å²) in [6, 6.07) is 8.18. The zero-order valence-electron chi connectivity index (χ0n) is 14.1. The first-order valence-electron chi connectivity index (χ1n) is 7.57. The molecule has 0 fully saturated rings. The number of carbonyl (C=O) groups excluding carboxylic acids is 1. The molecule has 1 heterocycles. The number of pyridine rings is 1. The SMILES string of the molecule is CN(C[Si](C)(C)c1cc(Cl)cc(Cl)c1)C(=O)c1cccnc1C(F)F. The standard InChI is InChI=1S/C17H18Cl2F2N2OSi/c1-23(17(24)14-5-4-6-22-15(14)16(20)21)10-25(2,3)13-8-11(18)7-12(19)9-13/h4-9,16H,10H2,1-3H3. The van der Waals surface area contributed by atoms with E-state index >= 15 is 0 Å². The quantitative estimate of drug-likeness (QED) is 0.687. The fourth-order valence-electron chi connectivity index (χ4n) is 2.68. The number of halogens is 4. The van der Waals surface area contributed by atoms with Gasteiger partial charge in [-0.05, 0) is 30.3 Å². The number of amides is 1. The smallest absolute Gasteiger partial charge is 0.281 e. The first kappa shape index (κ1) is 19.8. The second-order valence-electron chi connectivity index (χ2n) is 6.44. The van der Waals surface area contributed by atoms with Gasteiger partial charge in [-0.2, -0.15) is 0 Å². The van der Waals surface area contributed by atoms with Crippen LogP contribution in [0.3, 0.4) is 0 Å². The van der Waals surface area contributed by atoms with Gasteiger partial charge in [0.15, 0.2) is 0 Å². The van der Waals surface area contributed by atoms with Crippen molar-refractivity contribution in [3.8, 4) is 0 Å². The molecule has 8 heteroatoms. The van der Waals surface area contributed by atoms with E-state index in [4.69, 9.17) is 23.2 Å². The topological polar surface area (TPSA) is 33.2 Å². The third kappa shape index (κ3) is 4.77. The van der Waals surface area contributed by atoms with Gasteiger partial charge >= 0.3 is 0 Å². The van der Waals surface area contributed by atoms with Gasteiger partial charge < -0.3 is 4.90 Å². The van der Waals surface area contributed by atoms with E-state index in [9.17, 15) is 13.6 Å². The van der Waals surface area contributed by atoms with Gasteiger partial charge in [-0.25, -0.2) is 8.78 Å². The van der Waals surface area contributed by atoms with Gasteiger partial charge in [-0.1, -0.05) is 41.5 Å². The molecule has 0 aliphatic carbocycles.